The summed E-state index contributed by atoms with van der Waals surface area (Å²) in [7, 11) is 0. The topological polar surface area (TPSA) is 50.2 Å². The molecule has 6 aromatic rings. The quantitative estimate of drug-likeness (QED) is 0.0999. The molecule has 1 N–H and O–H groups in total. The van der Waals surface area contributed by atoms with E-state index in [9.17, 15) is 9.90 Å². The first kappa shape index (κ1) is 32.3. The number of fused-ring (bicyclic) bond motifs is 3. The van der Waals surface area contributed by atoms with Gasteiger partial charge in [-0.3, -0.25) is 9.78 Å². The number of rotatable bonds is 7. The molecule has 0 bridgehead atoms. The van der Waals surface area contributed by atoms with E-state index in [1.807, 2.05) is 76.3 Å². The normalized spacial score (nSPS) is 12.6. The Balaban J connectivity index is 0.000000203. The average Bonchev–Trinajstić information content (AvgIpc) is 3.33. The molecule has 0 aliphatic rings. The third-order valence-corrected chi connectivity index (χ3v) is 11.4. The van der Waals surface area contributed by atoms with E-state index in [0.29, 0.717) is 0 Å². The van der Waals surface area contributed by atoms with Gasteiger partial charge in [0, 0.05) is 56.6 Å². The second-order valence-corrected chi connectivity index (χ2v) is 13.6. The van der Waals surface area contributed by atoms with E-state index < -0.39 is 0 Å². The molecule has 6 rings (SSSR count). The van der Waals surface area contributed by atoms with E-state index in [4.69, 9.17) is 4.98 Å². The first-order valence-electron chi connectivity index (χ1n) is 14.6. The van der Waals surface area contributed by atoms with Crippen LogP contribution in [0, 0.1) is 16.9 Å². The summed E-state index contributed by atoms with van der Waals surface area (Å²) in [4.78, 5) is 17.2. The molecule has 1 radical (unpaired) electrons. The number of aromatic nitrogens is 1. The zero-order valence-electron chi connectivity index (χ0n) is 25.1. The zero-order valence-corrected chi connectivity index (χ0v) is 29.2. The molecule has 42 heavy (non-hydrogen) atoms. The van der Waals surface area contributed by atoms with Crippen molar-refractivity contribution in [3.63, 3.8) is 0 Å². The third-order valence-electron chi connectivity index (χ3n) is 9.16. The van der Waals surface area contributed by atoms with Crippen LogP contribution >= 0.6 is 22.7 Å². The van der Waals surface area contributed by atoms with E-state index in [-0.39, 0.29) is 42.5 Å². The number of nitrogens with zero attached hydrogens (tertiary/aromatic N) is 1. The third kappa shape index (κ3) is 5.79. The van der Waals surface area contributed by atoms with Gasteiger partial charge in [-0.2, -0.15) is 11.3 Å². The number of pyridine rings is 1. The fraction of sp³-hybridized carbons (Fsp3) is 0.333. The summed E-state index contributed by atoms with van der Waals surface area (Å²) in [6, 6.07) is 24.9. The zero-order chi connectivity index (χ0) is 29.4. The van der Waals surface area contributed by atoms with Crippen LogP contribution in [0.2, 0.25) is 0 Å². The number of para-hydroxylation sites is 1. The van der Waals surface area contributed by atoms with Crippen LogP contribution in [0.25, 0.3) is 51.4 Å². The number of hydrogen-bond donors (Lipinski definition) is 1. The average molecular weight is 773 g/mol. The summed E-state index contributed by atoms with van der Waals surface area (Å²) in [5.74, 6) is 0.286. The SMILES string of the molecule is CCC(C)(CC)C(=O)/C=C(\O)C(C)(CC)CC.[Ir].[c-]1ccc2sc3cccc4sc5cc6ccccc6nc5c1c2c43. The number of carbonyl (C=O) groups excluding carboxylic acids is 1. The molecular weight excluding hydrogens is 735 g/mol. The Morgan fingerprint density at radius 2 is 1.43 bits per heavy atom. The number of aliphatic hydroxyl groups excluding tert-OH is 1. The Bertz CT molecular complexity index is 1910. The van der Waals surface area contributed by atoms with Crippen LogP contribution in [-0.2, 0) is 24.9 Å². The van der Waals surface area contributed by atoms with Gasteiger partial charge in [0.05, 0.1) is 5.52 Å². The minimum Gasteiger partial charge on any atom is -0.512 e. The molecule has 6 heteroatoms. The second-order valence-electron chi connectivity index (χ2n) is 11.4. The summed E-state index contributed by atoms with van der Waals surface area (Å²) in [5.41, 5.74) is 1.49. The van der Waals surface area contributed by atoms with E-state index in [2.05, 4.69) is 54.6 Å². The second kappa shape index (κ2) is 12.9. The Morgan fingerprint density at radius 3 is 2.07 bits per heavy atom. The predicted octanol–water partition coefficient (Wildman–Crippen LogP) is 11.4. The van der Waals surface area contributed by atoms with Crippen LogP contribution in [-0.4, -0.2) is 15.9 Å². The maximum Gasteiger partial charge on any atom is 0.164 e. The smallest absolute Gasteiger partial charge is 0.164 e. The van der Waals surface area contributed by atoms with Gasteiger partial charge in [-0.05, 0) is 65.4 Å². The molecule has 3 aromatic heterocycles. The van der Waals surface area contributed by atoms with Crippen LogP contribution < -0.4 is 0 Å². The maximum atomic E-state index is 12.2. The molecule has 0 saturated heterocycles. The van der Waals surface area contributed by atoms with Crippen LogP contribution in [0.5, 0.6) is 0 Å². The predicted molar refractivity (Wildman–Crippen MR) is 179 cm³/mol. The van der Waals surface area contributed by atoms with Gasteiger partial charge < -0.3 is 5.11 Å². The van der Waals surface area contributed by atoms with E-state index in [1.165, 1.54) is 41.0 Å². The largest absolute Gasteiger partial charge is 0.512 e. The maximum absolute atomic E-state index is 12.2. The number of benzene rings is 3. The number of allylic oxidation sites excluding steroid dienone is 2. The van der Waals surface area contributed by atoms with Crippen molar-refractivity contribution in [1.82, 2.24) is 4.98 Å². The Hall–Kier alpha value is -2.63. The summed E-state index contributed by atoms with van der Waals surface area (Å²) in [5, 5.41) is 15.1. The van der Waals surface area contributed by atoms with Crippen molar-refractivity contribution < 1.29 is 30.0 Å². The molecule has 3 heterocycles. The van der Waals surface area contributed by atoms with E-state index >= 15 is 0 Å². The van der Waals surface area contributed by atoms with Gasteiger partial charge in [0.25, 0.3) is 0 Å². The fourth-order valence-electron chi connectivity index (χ4n) is 5.20. The standard InChI is InChI=1S/C21H10NS2.C15H28O2.Ir/c1-2-7-14-12(5-1)11-18-21(22-14)13-6-3-8-15-19(13)20-16(23-15)9-4-10-17(20)24-18;1-7-14(5,8-2)12(16)11-13(17)15(6,9-3)10-4;/h1-5,7-11H;11,16H,7-10H2,1-6H3;/q-1;;/b;12-11-;. The number of thiophene rings is 1. The van der Waals surface area contributed by atoms with Crippen molar-refractivity contribution in [3.8, 4) is 0 Å². The van der Waals surface area contributed by atoms with Crippen LogP contribution in [0.15, 0.2) is 72.5 Å². The van der Waals surface area contributed by atoms with Gasteiger partial charge in [0.1, 0.15) is 5.76 Å². The van der Waals surface area contributed by atoms with Crippen molar-refractivity contribution >= 4 is 79.8 Å². The molecule has 3 nitrogen and oxygen atoms in total. The van der Waals surface area contributed by atoms with Crippen molar-refractivity contribution in [2.24, 2.45) is 10.8 Å². The summed E-state index contributed by atoms with van der Waals surface area (Å²) >= 11 is 3.68. The fourth-order valence-corrected chi connectivity index (χ4v) is 7.53. The van der Waals surface area contributed by atoms with Crippen molar-refractivity contribution in [2.45, 2.75) is 67.2 Å². The van der Waals surface area contributed by atoms with Gasteiger partial charge in [-0.25, -0.2) is 0 Å². The van der Waals surface area contributed by atoms with E-state index in [1.54, 1.807) is 0 Å². The van der Waals surface area contributed by atoms with E-state index in [0.717, 1.165) is 42.1 Å². The molecule has 0 unspecified atom stereocenters. The Kier molecular flexibility index (Phi) is 9.94. The first-order valence-corrected chi connectivity index (χ1v) is 16.2. The van der Waals surface area contributed by atoms with Crippen molar-refractivity contribution in [3.05, 3.63) is 78.6 Å². The van der Waals surface area contributed by atoms with Crippen molar-refractivity contribution in [1.29, 1.82) is 0 Å². The number of aliphatic hydroxyl groups is 1. The van der Waals surface area contributed by atoms with Crippen molar-refractivity contribution in [2.75, 3.05) is 0 Å². The molecule has 0 atom stereocenters. The summed E-state index contributed by atoms with van der Waals surface area (Å²) in [6.07, 6.45) is 4.75. The number of carbonyl (C=O) groups is 1. The Morgan fingerprint density at radius 1 is 0.833 bits per heavy atom. The van der Waals surface area contributed by atoms with Crippen LogP contribution in [0.4, 0.5) is 0 Å². The number of hydrogen-bond acceptors (Lipinski definition) is 5. The Labute approximate surface area is 270 Å². The first-order chi connectivity index (χ1) is 19.7. The molecule has 221 valence electrons. The number of ketones is 1. The van der Waals surface area contributed by atoms with Gasteiger partial charge in [0.2, 0.25) is 0 Å². The minimum absolute atomic E-state index is 0. The van der Waals surface area contributed by atoms with Gasteiger partial charge in [-0.1, -0.05) is 71.2 Å². The summed E-state index contributed by atoms with van der Waals surface area (Å²) in [6.45, 7) is 12.1. The minimum atomic E-state index is -0.337. The van der Waals surface area contributed by atoms with Crippen LogP contribution in [0.1, 0.15) is 67.2 Å². The molecule has 0 amide bonds. The van der Waals surface area contributed by atoms with Gasteiger partial charge >= 0.3 is 0 Å². The molecule has 0 aliphatic carbocycles. The van der Waals surface area contributed by atoms with Gasteiger partial charge in [-0.15, -0.1) is 34.9 Å². The van der Waals surface area contributed by atoms with Gasteiger partial charge in [0.15, 0.2) is 5.78 Å². The monoisotopic (exact) mass is 773 g/mol. The molecule has 3 aromatic carbocycles. The molecule has 0 spiro atoms. The van der Waals surface area contributed by atoms with Crippen LogP contribution in [0.3, 0.4) is 0 Å². The molecule has 0 aliphatic heterocycles. The molecule has 0 saturated carbocycles. The molecular formula is C36H38IrNO2S2-. The summed E-state index contributed by atoms with van der Waals surface area (Å²) < 4.78 is 5.18. The molecule has 0 fully saturated rings.